The third kappa shape index (κ3) is 5.38. The topological polar surface area (TPSA) is 134 Å². The lowest BCUT2D eigenvalue weighted by Gasteiger charge is -2.31. The lowest BCUT2D eigenvalue weighted by atomic mass is 9.97. The summed E-state index contributed by atoms with van der Waals surface area (Å²) in [5, 5.41) is 8.71. The molecule has 2 aromatic carbocycles. The lowest BCUT2D eigenvalue weighted by molar-refractivity contribution is -0.123. The summed E-state index contributed by atoms with van der Waals surface area (Å²) in [7, 11) is 0. The summed E-state index contributed by atoms with van der Waals surface area (Å²) in [6, 6.07) is 16.0. The quantitative estimate of drug-likeness (QED) is 0.589. The number of nitrogens with zero attached hydrogens (tertiary/aromatic N) is 3. The van der Waals surface area contributed by atoms with E-state index in [4.69, 9.17) is 11.5 Å². The van der Waals surface area contributed by atoms with Gasteiger partial charge in [0.2, 0.25) is 11.8 Å². The van der Waals surface area contributed by atoms with Gasteiger partial charge in [-0.1, -0.05) is 30.3 Å². The highest BCUT2D eigenvalue weighted by Crippen LogP contribution is 2.25. The van der Waals surface area contributed by atoms with Crippen LogP contribution in [-0.2, 0) is 20.9 Å². The molecule has 5 N–H and O–H groups in total. The number of rotatable bonds is 7. The monoisotopic (exact) mass is 448 g/mol. The number of benzene rings is 2. The maximum atomic E-state index is 12.8. The van der Waals surface area contributed by atoms with E-state index in [0.29, 0.717) is 17.9 Å². The Labute approximate surface area is 192 Å². The summed E-state index contributed by atoms with van der Waals surface area (Å²) in [5.74, 6) is -1.24. The summed E-state index contributed by atoms with van der Waals surface area (Å²) in [6.07, 6.45) is 1.94. The maximum Gasteiger partial charge on any atom is 0.271 e. The molecule has 2 aliphatic heterocycles. The van der Waals surface area contributed by atoms with Crippen LogP contribution in [0.2, 0.25) is 0 Å². The van der Waals surface area contributed by atoms with Crippen molar-refractivity contribution >= 4 is 34.8 Å². The summed E-state index contributed by atoms with van der Waals surface area (Å²) in [6.45, 7) is 2.32. The molecule has 0 bridgehead atoms. The fourth-order valence-electron chi connectivity index (χ4n) is 4.27. The molecule has 4 rings (SSSR count). The van der Waals surface area contributed by atoms with E-state index in [1.807, 2.05) is 54.6 Å². The van der Waals surface area contributed by atoms with Gasteiger partial charge in [-0.15, -0.1) is 0 Å². The van der Waals surface area contributed by atoms with Crippen LogP contribution in [0, 0.1) is 5.92 Å². The third-order valence-electron chi connectivity index (χ3n) is 6.05. The largest absolute Gasteiger partial charge is 0.369 e. The highest BCUT2D eigenvalue weighted by Gasteiger charge is 2.35. The molecule has 3 amide bonds. The van der Waals surface area contributed by atoms with Gasteiger partial charge in [0.25, 0.3) is 5.91 Å². The number of hydrogen-bond donors (Lipinski definition) is 3. The van der Waals surface area contributed by atoms with E-state index >= 15 is 0 Å². The number of primary amides is 2. The van der Waals surface area contributed by atoms with E-state index in [9.17, 15) is 14.4 Å². The molecule has 1 fully saturated rings. The Hall–Kier alpha value is -3.72. The number of amides is 3. The summed E-state index contributed by atoms with van der Waals surface area (Å²) < 4.78 is 0. The molecule has 0 aromatic heterocycles. The van der Waals surface area contributed by atoms with Crippen molar-refractivity contribution in [3.63, 3.8) is 0 Å². The van der Waals surface area contributed by atoms with Gasteiger partial charge in [-0.25, -0.2) is 0 Å². The Morgan fingerprint density at radius 1 is 1.00 bits per heavy atom. The Morgan fingerprint density at radius 2 is 1.73 bits per heavy atom. The minimum Gasteiger partial charge on any atom is -0.369 e. The minimum absolute atomic E-state index is 0.0934. The highest BCUT2D eigenvalue weighted by molar-refractivity contribution is 6.44. The smallest absolute Gasteiger partial charge is 0.271 e. The third-order valence-corrected chi connectivity index (χ3v) is 6.05. The molecule has 0 aliphatic carbocycles. The molecule has 2 aromatic rings. The Kier molecular flexibility index (Phi) is 6.69. The second-order valence-electron chi connectivity index (χ2n) is 8.48. The van der Waals surface area contributed by atoms with Crippen LogP contribution in [0.3, 0.4) is 0 Å². The molecule has 0 radical (unpaired) electrons. The van der Waals surface area contributed by atoms with Crippen LogP contribution in [-0.4, -0.2) is 47.5 Å². The van der Waals surface area contributed by atoms with Crippen LogP contribution >= 0.6 is 0 Å². The summed E-state index contributed by atoms with van der Waals surface area (Å²) >= 11 is 0. The van der Waals surface area contributed by atoms with Crippen molar-refractivity contribution in [3.05, 3.63) is 60.2 Å². The second kappa shape index (κ2) is 9.83. The van der Waals surface area contributed by atoms with Crippen molar-refractivity contribution < 1.29 is 14.4 Å². The number of likely N-dealkylation sites (tertiary alicyclic amines) is 1. The number of carbonyl (C=O) groups is 3. The van der Waals surface area contributed by atoms with E-state index in [1.54, 1.807) is 0 Å². The van der Waals surface area contributed by atoms with E-state index in [2.05, 4.69) is 15.3 Å². The van der Waals surface area contributed by atoms with Gasteiger partial charge in [0.1, 0.15) is 11.8 Å². The van der Waals surface area contributed by atoms with Crippen LogP contribution in [0.5, 0.6) is 0 Å². The fraction of sp³-hybridized carbons (Fsp3) is 0.333. The molecule has 172 valence electrons. The average molecular weight is 449 g/mol. The molecule has 2 unspecified atom stereocenters. The molecule has 2 aliphatic rings. The zero-order valence-electron chi connectivity index (χ0n) is 18.3. The number of nitrogens with one attached hydrogen (secondary N) is 1. The molecule has 0 saturated carbocycles. The Balaban J connectivity index is 1.38. The van der Waals surface area contributed by atoms with Crippen LogP contribution in [0.4, 0.5) is 11.4 Å². The predicted octanol–water partition coefficient (Wildman–Crippen LogP) is 1.44. The van der Waals surface area contributed by atoms with Crippen LogP contribution in [0.1, 0.15) is 24.8 Å². The SMILES string of the molecule is NC(=O)C1CCCN(Cc2ccc(NC(=O)C3=NN(c4ccccc4)C(C(N)=O)C3)cc2)C1. The van der Waals surface area contributed by atoms with Gasteiger partial charge >= 0.3 is 0 Å². The molecule has 9 heteroatoms. The van der Waals surface area contributed by atoms with Gasteiger partial charge in [-0.2, -0.15) is 5.10 Å². The fourth-order valence-corrected chi connectivity index (χ4v) is 4.27. The zero-order chi connectivity index (χ0) is 23.4. The molecule has 2 atom stereocenters. The Morgan fingerprint density at radius 3 is 2.39 bits per heavy atom. The predicted molar refractivity (Wildman–Crippen MR) is 126 cm³/mol. The molecule has 0 spiro atoms. The first kappa shape index (κ1) is 22.5. The molecular weight excluding hydrogens is 420 g/mol. The lowest BCUT2D eigenvalue weighted by Crippen LogP contribution is -2.40. The molecule has 1 saturated heterocycles. The molecule has 2 heterocycles. The normalized spacial score (nSPS) is 20.8. The van der Waals surface area contributed by atoms with Gasteiger partial charge in [0.15, 0.2) is 0 Å². The van der Waals surface area contributed by atoms with Crippen molar-refractivity contribution in [1.29, 1.82) is 0 Å². The van der Waals surface area contributed by atoms with Gasteiger partial charge in [-0.3, -0.25) is 24.3 Å². The minimum atomic E-state index is -0.704. The van der Waals surface area contributed by atoms with Gasteiger partial charge in [0, 0.05) is 25.2 Å². The van der Waals surface area contributed by atoms with E-state index in [0.717, 1.165) is 31.5 Å². The number of para-hydroxylation sites is 1. The summed E-state index contributed by atoms with van der Waals surface area (Å²) in [5.41, 5.74) is 13.7. The number of hydrazone groups is 1. The first-order valence-electron chi connectivity index (χ1n) is 11.0. The van der Waals surface area contributed by atoms with Crippen molar-refractivity contribution in [1.82, 2.24) is 4.90 Å². The van der Waals surface area contributed by atoms with Gasteiger partial charge in [0.05, 0.1) is 11.6 Å². The van der Waals surface area contributed by atoms with Gasteiger partial charge < -0.3 is 16.8 Å². The van der Waals surface area contributed by atoms with Gasteiger partial charge in [-0.05, 0) is 49.2 Å². The van der Waals surface area contributed by atoms with E-state index < -0.39 is 11.9 Å². The standard InChI is InChI=1S/C24H28N6O3/c25-22(31)17-5-4-12-29(15-17)14-16-8-10-18(11-9-16)27-24(33)20-13-21(23(26)32)30(28-20)19-6-2-1-3-7-19/h1-3,6-11,17,21H,4-5,12-15H2,(H2,25,31)(H2,26,32)(H,27,33). The van der Waals surface area contributed by atoms with Crippen molar-refractivity contribution in [3.8, 4) is 0 Å². The molecular formula is C24H28N6O3. The first-order valence-corrected chi connectivity index (χ1v) is 11.0. The molecule has 33 heavy (non-hydrogen) atoms. The molecule has 9 nitrogen and oxygen atoms in total. The average Bonchev–Trinajstić information content (AvgIpc) is 3.27. The number of piperidine rings is 1. The number of carbonyl (C=O) groups excluding carboxylic acids is 3. The number of nitrogens with two attached hydrogens (primary N) is 2. The summed E-state index contributed by atoms with van der Waals surface area (Å²) in [4.78, 5) is 38.4. The van der Waals surface area contributed by atoms with E-state index in [-0.39, 0.29) is 29.9 Å². The van der Waals surface area contributed by atoms with Crippen molar-refractivity contribution in [2.24, 2.45) is 22.5 Å². The first-order chi connectivity index (χ1) is 15.9. The number of anilines is 2. The maximum absolute atomic E-state index is 12.8. The van der Waals surface area contributed by atoms with E-state index in [1.165, 1.54) is 5.01 Å². The highest BCUT2D eigenvalue weighted by atomic mass is 16.2. The van der Waals surface area contributed by atoms with Crippen molar-refractivity contribution in [2.45, 2.75) is 31.8 Å². The number of hydrogen-bond acceptors (Lipinski definition) is 6. The van der Waals surface area contributed by atoms with Crippen LogP contribution in [0.15, 0.2) is 59.7 Å². The van der Waals surface area contributed by atoms with Crippen molar-refractivity contribution in [2.75, 3.05) is 23.4 Å². The second-order valence-corrected chi connectivity index (χ2v) is 8.48. The van der Waals surface area contributed by atoms with Crippen LogP contribution in [0.25, 0.3) is 0 Å². The van der Waals surface area contributed by atoms with Crippen LogP contribution < -0.4 is 21.8 Å². The zero-order valence-corrected chi connectivity index (χ0v) is 18.3. The Bertz CT molecular complexity index is 1050.